The van der Waals surface area contributed by atoms with Gasteiger partial charge in [0, 0.05) is 5.56 Å². The van der Waals surface area contributed by atoms with Crippen molar-refractivity contribution in [2.45, 2.75) is 19.2 Å². The maximum absolute atomic E-state index is 13.0. The molecule has 1 atom stereocenters. The third-order valence-electron chi connectivity index (χ3n) is 1.85. The predicted molar refractivity (Wildman–Crippen MR) is 42.2 cm³/mol. The summed E-state index contributed by atoms with van der Waals surface area (Å²) >= 11 is 0. The zero-order valence-electron chi connectivity index (χ0n) is 7.27. The summed E-state index contributed by atoms with van der Waals surface area (Å²) in [6.07, 6.45) is -7.60. The van der Waals surface area contributed by atoms with E-state index in [0.29, 0.717) is 0 Å². The molecule has 0 amide bonds. The van der Waals surface area contributed by atoms with E-state index in [2.05, 4.69) is 0 Å². The molecule has 0 saturated carbocycles. The van der Waals surface area contributed by atoms with Gasteiger partial charge in [0.25, 0.3) is 0 Å². The molecule has 14 heavy (non-hydrogen) atoms. The third kappa shape index (κ3) is 2.04. The van der Waals surface area contributed by atoms with Crippen LogP contribution in [0.2, 0.25) is 0 Å². The highest BCUT2D eigenvalue weighted by Crippen LogP contribution is 2.35. The van der Waals surface area contributed by atoms with Crippen molar-refractivity contribution in [1.82, 2.24) is 0 Å². The maximum Gasteiger partial charge on any atom is 0.418 e. The van der Waals surface area contributed by atoms with E-state index < -0.39 is 23.7 Å². The van der Waals surface area contributed by atoms with Crippen LogP contribution in [0.15, 0.2) is 18.2 Å². The molecule has 0 fully saturated rings. The van der Waals surface area contributed by atoms with Crippen LogP contribution < -0.4 is 0 Å². The summed E-state index contributed by atoms with van der Waals surface area (Å²) < 4.78 is 49.2. The largest absolute Gasteiger partial charge is 0.418 e. The zero-order valence-corrected chi connectivity index (χ0v) is 7.27. The van der Waals surface area contributed by atoms with Crippen LogP contribution in [0.3, 0.4) is 0 Å². The lowest BCUT2D eigenvalue weighted by Gasteiger charge is -2.17. The van der Waals surface area contributed by atoms with Gasteiger partial charge in [-0.3, -0.25) is 0 Å². The van der Waals surface area contributed by atoms with Gasteiger partial charge in [-0.1, -0.05) is 12.1 Å². The van der Waals surface area contributed by atoms with Gasteiger partial charge in [0.15, 0.2) is 6.10 Å². The number of halogens is 4. The Labute approximate surface area is 78.0 Å². The Morgan fingerprint density at radius 1 is 1.29 bits per heavy atom. The van der Waals surface area contributed by atoms with Gasteiger partial charge < -0.3 is 5.11 Å². The molecular formula is C9H8F4O. The zero-order chi connectivity index (χ0) is 10.9. The average molecular weight is 208 g/mol. The molecular weight excluding hydrogens is 200 g/mol. The average Bonchev–Trinajstić information content (AvgIpc) is 2.01. The molecule has 0 unspecified atom stereocenters. The molecule has 78 valence electrons. The summed E-state index contributed by atoms with van der Waals surface area (Å²) in [5, 5.41) is 8.85. The summed E-state index contributed by atoms with van der Waals surface area (Å²) in [5.74, 6) is -1.05. The van der Waals surface area contributed by atoms with Gasteiger partial charge in [-0.15, -0.1) is 0 Å². The molecule has 0 bridgehead atoms. The van der Waals surface area contributed by atoms with Crippen LogP contribution in [0.1, 0.15) is 17.2 Å². The lowest BCUT2D eigenvalue weighted by Crippen LogP contribution is -2.22. The van der Waals surface area contributed by atoms with E-state index in [1.54, 1.807) is 0 Å². The van der Waals surface area contributed by atoms with E-state index in [1.165, 1.54) is 19.1 Å². The van der Waals surface area contributed by atoms with Gasteiger partial charge in [-0.05, 0) is 18.6 Å². The fourth-order valence-electron chi connectivity index (χ4n) is 1.15. The third-order valence-corrected chi connectivity index (χ3v) is 1.85. The SMILES string of the molecule is Cc1cccc(F)c1[C@H](O)C(F)(F)F. The van der Waals surface area contributed by atoms with Crippen LogP contribution in [0.4, 0.5) is 17.6 Å². The van der Waals surface area contributed by atoms with E-state index in [4.69, 9.17) is 5.11 Å². The lowest BCUT2D eigenvalue weighted by atomic mass is 10.0. The van der Waals surface area contributed by atoms with E-state index >= 15 is 0 Å². The van der Waals surface area contributed by atoms with Gasteiger partial charge in [-0.2, -0.15) is 13.2 Å². The molecule has 1 rings (SSSR count). The second kappa shape index (κ2) is 3.57. The van der Waals surface area contributed by atoms with Crippen molar-refractivity contribution in [3.8, 4) is 0 Å². The number of rotatable bonds is 1. The van der Waals surface area contributed by atoms with Crippen molar-refractivity contribution < 1.29 is 22.7 Å². The molecule has 0 radical (unpaired) electrons. The molecule has 0 aliphatic rings. The summed E-state index contributed by atoms with van der Waals surface area (Å²) in [6.45, 7) is 1.31. The molecule has 0 saturated heterocycles. The molecule has 0 spiro atoms. The molecule has 1 N–H and O–H groups in total. The highest BCUT2D eigenvalue weighted by molar-refractivity contribution is 5.30. The number of aliphatic hydroxyl groups is 1. The molecule has 0 aliphatic carbocycles. The minimum atomic E-state index is -4.84. The van der Waals surface area contributed by atoms with Crippen LogP contribution >= 0.6 is 0 Å². The van der Waals surface area contributed by atoms with Crippen LogP contribution in [0.5, 0.6) is 0 Å². The topological polar surface area (TPSA) is 20.2 Å². The molecule has 1 aromatic rings. The Bertz CT molecular complexity index is 312. The quantitative estimate of drug-likeness (QED) is 0.703. The first-order chi connectivity index (χ1) is 6.34. The van der Waals surface area contributed by atoms with E-state index in [0.717, 1.165) is 6.07 Å². The highest BCUT2D eigenvalue weighted by atomic mass is 19.4. The predicted octanol–water partition coefficient (Wildman–Crippen LogP) is 2.73. The Morgan fingerprint density at radius 2 is 1.86 bits per heavy atom. The van der Waals surface area contributed by atoms with Crippen LogP contribution in [-0.4, -0.2) is 11.3 Å². The minimum absolute atomic E-state index is 0.0785. The van der Waals surface area contributed by atoms with Gasteiger partial charge in [0.1, 0.15) is 5.82 Å². The standard InChI is InChI=1S/C9H8F4O/c1-5-3-2-4-6(10)7(5)8(14)9(11,12)13/h2-4,8,14H,1H3/t8-/m0/s1. The smallest absolute Gasteiger partial charge is 0.379 e. The monoisotopic (exact) mass is 208 g/mol. The van der Waals surface area contributed by atoms with Crippen molar-refractivity contribution in [3.63, 3.8) is 0 Å². The van der Waals surface area contributed by atoms with Crippen molar-refractivity contribution in [3.05, 3.63) is 35.1 Å². The van der Waals surface area contributed by atoms with Crippen LogP contribution in [0, 0.1) is 12.7 Å². The Morgan fingerprint density at radius 3 is 2.29 bits per heavy atom. The van der Waals surface area contributed by atoms with E-state index in [-0.39, 0.29) is 5.56 Å². The van der Waals surface area contributed by atoms with Crippen molar-refractivity contribution in [1.29, 1.82) is 0 Å². The van der Waals surface area contributed by atoms with Crippen molar-refractivity contribution >= 4 is 0 Å². The highest BCUT2D eigenvalue weighted by Gasteiger charge is 2.41. The number of alkyl halides is 3. The molecule has 0 aliphatic heterocycles. The summed E-state index contributed by atoms with van der Waals surface area (Å²) in [4.78, 5) is 0. The fraction of sp³-hybridized carbons (Fsp3) is 0.333. The Hall–Kier alpha value is -1.10. The first-order valence-corrected chi connectivity index (χ1v) is 3.84. The summed E-state index contributed by atoms with van der Waals surface area (Å²) in [6, 6.07) is 3.49. The number of aliphatic hydroxyl groups excluding tert-OH is 1. The second-order valence-corrected chi connectivity index (χ2v) is 2.91. The summed E-state index contributed by atoms with van der Waals surface area (Å²) in [5.41, 5.74) is -0.630. The van der Waals surface area contributed by atoms with Gasteiger partial charge >= 0.3 is 6.18 Å². The number of aryl methyl sites for hydroxylation is 1. The van der Waals surface area contributed by atoms with Gasteiger partial charge in [-0.25, -0.2) is 4.39 Å². The van der Waals surface area contributed by atoms with Crippen LogP contribution in [0.25, 0.3) is 0 Å². The molecule has 0 heterocycles. The molecule has 5 heteroatoms. The normalized spacial score (nSPS) is 14.1. The molecule has 1 aromatic carbocycles. The summed E-state index contributed by atoms with van der Waals surface area (Å²) in [7, 11) is 0. The van der Waals surface area contributed by atoms with Crippen molar-refractivity contribution in [2.24, 2.45) is 0 Å². The van der Waals surface area contributed by atoms with Gasteiger partial charge in [0.05, 0.1) is 0 Å². The molecule has 0 aromatic heterocycles. The Kier molecular flexibility index (Phi) is 2.80. The first kappa shape index (κ1) is 11.0. The Balaban J connectivity index is 3.19. The van der Waals surface area contributed by atoms with E-state index in [9.17, 15) is 17.6 Å². The molecule has 1 nitrogen and oxygen atoms in total. The van der Waals surface area contributed by atoms with Gasteiger partial charge in [0.2, 0.25) is 0 Å². The number of benzene rings is 1. The fourth-order valence-corrected chi connectivity index (χ4v) is 1.15. The lowest BCUT2D eigenvalue weighted by molar-refractivity contribution is -0.207. The maximum atomic E-state index is 13.0. The second-order valence-electron chi connectivity index (χ2n) is 2.91. The number of hydrogen-bond acceptors (Lipinski definition) is 1. The number of hydrogen-bond donors (Lipinski definition) is 1. The van der Waals surface area contributed by atoms with E-state index in [1.807, 2.05) is 0 Å². The minimum Gasteiger partial charge on any atom is -0.379 e. The van der Waals surface area contributed by atoms with Crippen LogP contribution in [-0.2, 0) is 0 Å². The first-order valence-electron chi connectivity index (χ1n) is 3.84. The van der Waals surface area contributed by atoms with Crippen molar-refractivity contribution in [2.75, 3.05) is 0 Å².